The maximum absolute atomic E-state index is 12.1. The van der Waals surface area contributed by atoms with Crippen LogP contribution >= 0.6 is 0 Å². The second kappa shape index (κ2) is 6.90. The Balaban J connectivity index is 1.65. The van der Waals surface area contributed by atoms with Crippen LogP contribution in [-0.2, 0) is 14.8 Å². The molecule has 0 saturated carbocycles. The summed E-state index contributed by atoms with van der Waals surface area (Å²) in [6.07, 6.45) is 2.26. The van der Waals surface area contributed by atoms with Crippen molar-refractivity contribution < 1.29 is 13.2 Å². The van der Waals surface area contributed by atoms with Gasteiger partial charge in [-0.15, -0.1) is 0 Å². The van der Waals surface area contributed by atoms with E-state index < -0.39 is 10.0 Å². The van der Waals surface area contributed by atoms with E-state index in [0.717, 1.165) is 25.9 Å². The van der Waals surface area contributed by atoms with Crippen LogP contribution in [0.3, 0.4) is 0 Å². The molecule has 1 saturated heterocycles. The number of aliphatic imine (C=N–C) groups is 1. The Morgan fingerprint density at radius 3 is 2.96 bits per heavy atom. The Morgan fingerprint density at radius 2 is 2.21 bits per heavy atom. The zero-order valence-electron chi connectivity index (χ0n) is 13.6. The molecule has 1 fully saturated rings. The summed E-state index contributed by atoms with van der Waals surface area (Å²) in [7, 11) is -3.54. The van der Waals surface area contributed by atoms with Crippen LogP contribution in [0.1, 0.15) is 31.7 Å². The lowest BCUT2D eigenvalue weighted by atomic mass is 10.1. The standard InChI is InChI=1S/C16H22N4O3S/c1-11(9-15(21)19-12-5-4-8-17-10-12)18-16-13-6-2-3-7-14(13)24(22,23)20-16/h2-3,6-7,11-12,17H,4-5,8-10H2,1H3,(H,18,20)(H,19,21). The molecular weight excluding hydrogens is 328 g/mol. The van der Waals surface area contributed by atoms with Gasteiger partial charge in [-0.2, -0.15) is 0 Å². The van der Waals surface area contributed by atoms with Crippen LogP contribution in [0.25, 0.3) is 0 Å². The summed E-state index contributed by atoms with van der Waals surface area (Å²) >= 11 is 0. The van der Waals surface area contributed by atoms with Crippen LogP contribution in [0.4, 0.5) is 0 Å². The summed E-state index contributed by atoms with van der Waals surface area (Å²) in [5, 5.41) is 6.25. The number of carbonyl (C=O) groups is 1. The van der Waals surface area contributed by atoms with Crippen LogP contribution in [0.15, 0.2) is 34.2 Å². The number of sulfonamides is 1. The van der Waals surface area contributed by atoms with Crippen LogP contribution < -0.4 is 15.4 Å². The third-order valence-corrected chi connectivity index (χ3v) is 5.55. The fourth-order valence-electron chi connectivity index (χ4n) is 3.03. The highest BCUT2D eigenvalue weighted by molar-refractivity contribution is 7.90. The van der Waals surface area contributed by atoms with Gasteiger partial charge in [0.2, 0.25) is 5.91 Å². The Morgan fingerprint density at radius 1 is 1.42 bits per heavy atom. The second-order valence-electron chi connectivity index (χ2n) is 6.24. The first-order chi connectivity index (χ1) is 11.5. The lowest BCUT2D eigenvalue weighted by Crippen LogP contribution is -2.46. The molecule has 0 aliphatic carbocycles. The quantitative estimate of drug-likeness (QED) is 0.730. The summed E-state index contributed by atoms with van der Waals surface area (Å²) < 4.78 is 26.6. The Bertz CT molecular complexity index is 754. The molecule has 1 amide bonds. The highest BCUT2D eigenvalue weighted by Crippen LogP contribution is 2.22. The summed E-state index contributed by atoms with van der Waals surface area (Å²) in [5.41, 5.74) is 0.557. The largest absolute Gasteiger partial charge is 0.352 e. The Hall–Kier alpha value is -1.93. The van der Waals surface area contributed by atoms with E-state index in [1.54, 1.807) is 31.2 Å². The smallest absolute Gasteiger partial charge is 0.263 e. The van der Waals surface area contributed by atoms with Crippen molar-refractivity contribution in [3.05, 3.63) is 29.8 Å². The molecule has 3 N–H and O–H groups in total. The Kier molecular flexibility index (Phi) is 4.86. The van der Waals surface area contributed by atoms with E-state index in [1.807, 2.05) is 0 Å². The van der Waals surface area contributed by atoms with Gasteiger partial charge in [0.1, 0.15) is 5.84 Å². The number of rotatable bonds is 4. The third kappa shape index (κ3) is 3.76. The van der Waals surface area contributed by atoms with Crippen molar-refractivity contribution in [1.82, 2.24) is 15.4 Å². The SMILES string of the molecule is CC(CC(=O)NC1CCCNC1)N=C1NS(=O)(=O)c2ccccc21. The van der Waals surface area contributed by atoms with Crippen molar-refractivity contribution in [1.29, 1.82) is 0 Å². The molecule has 0 radical (unpaired) electrons. The van der Waals surface area contributed by atoms with Crippen LogP contribution in [0.5, 0.6) is 0 Å². The minimum atomic E-state index is -3.54. The number of piperidine rings is 1. The molecule has 2 heterocycles. The van der Waals surface area contributed by atoms with E-state index in [4.69, 9.17) is 0 Å². The lowest BCUT2D eigenvalue weighted by molar-refractivity contribution is -0.122. The predicted octanol–water partition coefficient (Wildman–Crippen LogP) is 0.372. The average molecular weight is 350 g/mol. The van der Waals surface area contributed by atoms with E-state index in [2.05, 4.69) is 20.3 Å². The number of benzene rings is 1. The number of fused-ring (bicyclic) bond motifs is 1. The van der Waals surface area contributed by atoms with Gasteiger partial charge >= 0.3 is 0 Å². The molecule has 0 aromatic heterocycles. The molecule has 2 aliphatic rings. The minimum Gasteiger partial charge on any atom is -0.352 e. The molecule has 0 bridgehead atoms. The summed E-state index contributed by atoms with van der Waals surface area (Å²) in [6.45, 7) is 3.60. The zero-order chi connectivity index (χ0) is 17.2. The summed E-state index contributed by atoms with van der Waals surface area (Å²) in [6, 6.07) is 6.56. The molecule has 0 spiro atoms. The number of carbonyl (C=O) groups excluding carboxylic acids is 1. The number of nitrogens with one attached hydrogen (secondary N) is 3. The van der Waals surface area contributed by atoms with Gasteiger partial charge in [0, 0.05) is 24.6 Å². The van der Waals surface area contributed by atoms with E-state index in [-0.39, 0.29) is 29.3 Å². The molecule has 7 nitrogen and oxygen atoms in total. The fraction of sp³-hybridized carbons (Fsp3) is 0.500. The molecule has 1 aromatic rings. The number of amidine groups is 1. The maximum Gasteiger partial charge on any atom is 0.263 e. The molecule has 8 heteroatoms. The van der Waals surface area contributed by atoms with Gasteiger partial charge in [-0.05, 0) is 38.4 Å². The van der Waals surface area contributed by atoms with Crippen LogP contribution in [0.2, 0.25) is 0 Å². The van der Waals surface area contributed by atoms with E-state index in [0.29, 0.717) is 11.4 Å². The number of hydrogen-bond donors (Lipinski definition) is 3. The topological polar surface area (TPSA) is 99.7 Å². The van der Waals surface area contributed by atoms with Crippen molar-refractivity contribution in [3.63, 3.8) is 0 Å². The fourth-order valence-corrected chi connectivity index (χ4v) is 4.26. The first kappa shape index (κ1) is 16.9. The molecule has 2 atom stereocenters. The highest BCUT2D eigenvalue weighted by atomic mass is 32.2. The van der Waals surface area contributed by atoms with Crippen molar-refractivity contribution >= 4 is 21.8 Å². The van der Waals surface area contributed by atoms with Gasteiger partial charge in [-0.1, -0.05) is 12.1 Å². The average Bonchev–Trinajstić information content (AvgIpc) is 2.79. The maximum atomic E-state index is 12.1. The van der Waals surface area contributed by atoms with Crippen molar-refractivity contribution in [2.45, 2.75) is 43.2 Å². The lowest BCUT2D eigenvalue weighted by Gasteiger charge is -2.24. The molecule has 3 rings (SSSR count). The van der Waals surface area contributed by atoms with Gasteiger partial charge in [-0.3, -0.25) is 14.5 Å². The van der Waals surface area contributed by atoms with Crippen molar-refractivity contribution in [2.75, 3.05) is 13.1 Å². The number of nitrogens with zero attached hydrogens (tertiary/aromatic N) is 1. The van der Waals surface area contributed by atoms with E-state index >= 15 is 0 Å². The first-order valence-electron chi connectivity index (χ1n) is 8.16. The Labute approximate surface area is 142 Å². The van der Waals surface area contributed by atoms with Gasteiger partial charge in [-0.25, -0.2) is 8.42 Å². The van der Waals surface area contributed by atoms with E-state index in [1.165, 1.54) is 0 Å². The summed E-state index contributed by atoms with van der Waals surface area (Å²) in [5.74, 6) is 0.250. The predicted molar refractivity (Wildman–Crippen MR) is 91.4 cm³/mol. The van der Waals surface area contributed by atoms with Gasteiger partial charge in [0.15, 0.2) is 0 Å². The van der Waals surface area contributed by atoms with Gasteiger partial charge < -0.3 is 10.6 Å². The van der Waals surface area contributed by atoms with Crippen LogP contribution in [-0.4, -0.2) is 45.3 Å². The van der Waals surface area contributed by atoms with Crippen molar-refractivity contribution in [3.8, 4) is 0 Å². The molecule has 130 valence electrons. The molecular formula is C16H22N4O3S. The molecule has 2 unspecified atom stereocenters. The summed E-state index contributed by atoms with van der Waals surface area (Å²) in [4.78, 5) is 16.7. The zero-order valence-corrected chi connectivity index (χ0v) is 14.4. The second-order valence-corrected chi connectivity index (χ2v) is 7.89. The normalized spacial score (nSPS) is 24.9. The van der Waals surface area contributed by atoms with Crippen LogP contribution in [0, 0.1) is 0 Å². The number of amides is 1. The minimum absolute atomic E-state index is 0.0605. The van der Waals surface area contributed by atoms with Gasteiger partial charge in [0.05, 0.1) is 10.9 Å². The monoisotopic (exact) mass is 350 g/mol. The van der Waals surface area contributed by atoms with Crippen molar-refractivity contribution in [2.24, 2.45) is 4.99 Å². The van der Waals surface area contributed by atoms with E-state index in [9.17, 15) is 13.2 Å². The molecule has 24 heavy (non-hydrogen) atoms. The third-order valence-electron chi connectivity index (χ3n) is 4.16. The van der Waals surface area contributed by atoms with Gasteiger partial charge in [0.25, 0.3) is 10.0 Å². The highest BCUT2D eigenvalue weighted by Gasteiger charge is 2.30. The number of hydrogen-bond acceptors (Lipinski definition) is 5. The first-order valence-corrected chi connectivity index (χ1v) is 9.64. The molecule has 2 aliphatic heterocycles. The molecule has 1 aromatic carbocycles.